The molecule has 0 saturated heterocycles. The van der Waals surface area contributed by atoms with E-state index >= 15 is 0 Å². The van der Waals surface area contributed by atoms with Gasteiger partial charge in [-0.25, -0.2) is 4.79 Å². The molecule has 0 bridgehead atoms. The third kappa shape index (κ3) is 4.17. The van der Waals surface area contributed by atoms with Crippen LogP contribution in [0.25, 0.3) is 0 Å². The van der Waals surface area contributed by atoms with Crippen LogP contribution in [-0.2, 0) is 14.3 Å². The average molecular weight is 256 g/mol. The number of aromatic nitrogens is 1. The van der Waals surface area contributed by atoms with Crippen molar-refractivity contribution in [1.82, 2.24) is 5.16 Å². The van der Waals surface area contributed by atoms with Crippen LogP contribution in [0.4, 0.5) is 5.88 Å². The first kappa shape index (κ1) is 14.2. The highest BCUT2D eigenvalue weighted by Gasteiger charge is 2.15. The van der Waals surface area contributed by atoms with Crippen LogP contribution in [0.5, 0.6) is 0 Å². The molecule has 1 aromatic heterocycles. The number of amides is 1. The van der Waals surface area contributed by atoms with E-state index in [1.54, 1.807) is 6.07 Å². The predicted molar refractivity (Wildman–Crippen MR) is 62.3 cm³/mol. The van der Waals surface area contributed by atoms with Crippen LogP contribution in [0, 0.1) is 0 Å². The Bertz CT molecular complexity index is 427. The number of carboxylic acids is 1. The molecule has 0 fully saturated rings. The topological polar surface area (TPSA) is 102 Å². The summed E-state index contributed by atoms with van der Waals surface area (Å²) in [5, 5.41) is 14.8. The molecule has 0 unspecified atom stereocenters. The first-order valence-electron chi connectivity index (χ1n) is 5.51. The first-order chi connectivity index (χ1) is 8.40. The molecular weight excluding hydrogens is 240 g/mol. The van der Waals surface area contributed by atoms with Gasteiger partial charge in [0.25, 0.3) is 5.91 Å². The normalized spacial score (nSPS) is 12.4. The maximum absolute atomic E-state index is 11.4. The highest BCUT2D eigenvalue weighted by atomic mass is 16.5. The third-order valence-corrected chi connectivity index (χ3v) is 2.19. The summed E-state index contributed by atoms with van der Waals surface area (Å²) in [5.74, 6) is -1.20. The van der Waals surface area contributed by atoms with E-state index in [4.69, 9.17) is 14.4 Å². The summed E-state index contributed by atoms with van der Waals surface area (Å²) < 4.78 is 9.72. The molecule has 0 aliphatic heterocycles. The maximum atomic E-state index is 11.4. The van der Waals surface area contributed by atoms with Gasteiger partial charge in [-0.05, 0) is 12.8 Å². The number of ether oxygens (including phenoxy) is 1. The van der Waals surface area contributed by atoms with Crippen molar-refractivity contribution in [3.8, 4) is 0 Å². The Labute approximate surface area is 104 Å². The molecule has 18 heavy (non-hydrogen) atoms. The molecule has 100 valence electrons. The van der Waals surface area contributed by atoms with Gasteiger partial charge in [-0.15, -0.1) is 0 Å². The van der Waals surface area contributed by atoms with Gasteiger partial charge in [0.05, 0.1) is 5.69 Å². The lowest BCUT2D eigenvalue weighted by atomic mass is 10.1. The molecule has 0 aromatic carbocycles. The number of nitrogens with one attached hydrogen (secondary N) is 1. The molecular formula is C11H16N2O5. The zero-order valence-electron chi connectivity index (χ0n) is 10.5. The second kappa shape index (κ2) is 6.15. The lowest BCUT2D eigenvalue weighted by Gasteiger charge is -2.07. The van der Waals surface area contributed by atoms with Gasteiger partial charge in [-0.2, -0.15) is 0 Å². The fraction of sp³-hybridized carbons (Fsp3) is 0.545. The summed E-state index contributed by atoms with van der Waals surface area (Å²) in [7, 11) is 0. The van der Waals surface area contributed by atoms with Gasteiger partial charge >= 0.3 is 5.97 Å². The molecule has 7 nitrogen and oxygen atoms in total. The third-order valence-electron chi connectivity index (χ3n) is 2.19. The molecule has 0 saturated carbocycles. The quantitative estimate of drug-likeness (QED) is 0.793. The van der Waals surface area contributed by atoms with Crippen LogP contribution < -0.4 is 5.32 Å². The van der Waals surface area contributed by atoms with Gasteiger partial charge in [0.15, 0.2) is 6.10 Å². The van der Waals surface area contributed by atoms with Crippen molar-refractivity contribution in [3.05, 3.63) is 11.8 Å². The van der Waals surface area contributed by atoms with E-state index in [-0.39, 0.29) is 18.4 Å². The van der Waals surface area contributed by atoms with Crippen molar-refractivity contribution in [3.63, 3.8) is 0 Å². The minimum atomic E-state index is -1.12. The molecule has 1 aromatic rings. The number of carboxylic acid groups (broad SMARTS) is 1. The number of anilines is 1. The number of aliphatic carboxylic acids is 1. The standard InChI is InChI=1S/C11H16N2O5/c1-6(2)8-4-10(18-13-8)12-9(14)5-17-7(3)11(15)16/h4,6-7H,5H2,1-3H3,(H,12,14)(H,15,16)/t7-/m1/s1. The van der Waals surface area contributed by atoms with Crippen molar-refractivity contribution in [1.29, 1.82) is 0 Å². The summed E-state index contributed by atoms with van der Waals surface area (Å²) in [6.45, 7) is 4.88. The monoisotopic (exact) mass is 256 g/mol. The van der Waals surface area contributed by atoms with Gasteiger partial charge in [0.1, 0.15) is 6.61 Å². The van der Waals surface area contributed by atoms with Gasteiger partial charge < -0.3 is 14.4 Å². The van der Waals surface area contributed by atoms with Gasteiger partial charge in [-0.1, -0.05) is 19.0 Å². The minimum Gasteiger partial charge on any atom is -0.479 e. The Morgan fingerprint density at radius 2 is 2.17 bits per heavy atom. The summed E-state index contributed by atoms with van der Waals surface area (Å²) in [6.07, 6.45) is -1.03. The van der Waals surface area contributed by atoms with Gasteiger partial charge in [-0.3, -0.25) is 10.1 Å². The second-order valence-corrected chi connectivity index (χ2v) is 4.11. The number of nitrogens with zero attached hydrogens (tertiary/aromatic N) is 1. The number of rotatable bonds is 6. The van der Waals surface area contributed by atoms with Gasteiger partial charge in [0, 0.05) is 6.07 Å². The molecule has 1 rings (SSSR count). The largest absolute Gasteiger partial charge is 0.479 e. The van der Waals surface area contributed by atoms with Crippen molar-refractivity contribution in [2.75, 3.05) is 11.9 Å². The van der Waals surface area contributed by atoms with Crippen molar-refractivity contribution in [2.45, 2.75) is 32.8 Å². The highest BCUT2D eigenvalue weighted by molar-refractivity contribution is 5.90. The van der Waals surface area contributed by atoms with Crippen LogP contribution in [0.3, 0.4) is 0 Å². The zero-order chi connectivity index (χ0) is 13.7. The number of carbonyl (C=O) groups is 2. The lowest BCUT2D eigenvalue weighted by molar-refractivity contribution is -0.150. The van der Waals surface area contributed by atoms with E-state index < -0.39 is 18.0 Å². The number of hydrogen-bond acceptors (Lipinski definition) is 5. The van der Waals surface area contributed by atoms with Crippen LogP contribution in [0.2, 0.25) is 0 Å². The van der Waals surface area contributed by atoms with E-state index in [0.717, 1.165) is 5.69 Å². The van der Waals surface area contributed by atoms with E-state index in [0.29, 0.717) is 0 Å². The first-order valence-corrected chi connectivity index (χ1v) is 5.51. The van der Waals surface area contributed by atoms with E-state index in [1.807, 2.05) is 13.8 Å². The van der Waals surface area contributed by atoms with Crippen LogP contribution in [-0.4, -0.2) is 34.9 Å². The molecule has 7 heteroatoms. The predicted octanol–water partition coefficient (Wildman–Crippen LogP) is 1.23. The fourth-order valence-corrected chi connectivity index (χ4v) is 1.07. The highest BCUT2D eigenvalue weighted by Crippen LogP contribution is 2.17. The van der Waals surface area contributed by atoms with Crippen LogP contribution >= 0.6 is 0 Å². The molecule has 2 N–H and O–H groups in total. The van der Waals surface area contributed by atoms with E-state index in [1.165, 1.54) is 6.92 Å². The fourth-order valence-electron chi connectivity index (χ4n) is 1.07. The Morgan fingerprint density at radius 1 is 1.50 bits per heavy atom. The molecule has 1 heterocycles. The molecule has 1 atom stereocenters. The molecule has 0 aliphatic rings. The van der Waals surface area contributed by atoms with E-state index in [9.17, 15) is 9.59 Å². The van der Waals surface area contributed by atoms with Gasteiger partial charge in [0.2, 0.25) is 5.88 Å². The Balaban J connectivity index is 2.42. The average Bonchev–Trinajstić information content (AvgIpc) is 2.74. The Hall–Kier alpha value is -1.89. The lowest BCUT2D eigenvalue weighted by Crippen LogP contribution is -2.26. The Morgan fingerprint density at radius 3 is 2.67 bits per heavy atom. The molecule has 0 radical (unpaired) electrons. The summed E-state index contributed by atoms with van der Waals surface area (Å²) in [4.78, 5) is 21.9. The summed E-state index contributed by atoms with van der Waals surface area (Å²) >= 11 is 0. The van der Waals surface area contributed by atoms with Crippen molar-refractivity contribution >= 4 is 17.8 Å². The summed E-state index contributed by atoms with van der Waals surface area (Å²) in [6, 6.07) is 1.61. The van der Waals surface area contributed by atoms with Crippen molar-refractivity contribution < 1.29 is 24.0 Å². The summed E-state index contributed by atoms with van der Waals surface area (Å²) in [5.41, 5.74) is 0.727. The molecule has 0 aliphatic carbocycles. The number of hydrogen-bond donors (Lipinski definition) is 2. The zero-order valence-corrected chi connectivity index (χ0v) is 10.5. The van der Waals surface area contributed by atoms with E-state index in [2.05, 4.69) is 10.5 Å². The number of carbonyl (C=O) groups excluding carboxylic acids is 1. The minimum absolute atomic E-state index is 0.197. The van der Waals surface area contributed by atoms with Crippen LogP contribution in [0.15, 0.2) is 10.6 Å². The van der Waals surface area contributed by atoms with Crippen molar-refractivity contribution in [2.24, 2.45) is 0 Å². The second-order valence-electron chi connectivity index (χ2n) is 4.11. The molecule has 1 amide bonds. The smallest absolute Gasteiger partial charge is 0.332 e. The van der Waals surface area contributed by atoms with Crippen LogP contribution in [0.1, 0.15) is 32.4 Å². The molecule has 0 spiro atoms. The maximum Gasteiger partial charge on any atom is 0.332 e. The SMILES string of the molecule is CC(C)c1cc(NC(=O)CO[C@H](C)C(=O)O)on1. The Kier molecular flexibility index (Phi) is 4.85.